The van der Waals surface area contributed by atoms with Crippen LogP contribution in [0, 0.1) is 13.8 Å². The van der Waals surface area contributed by atoms with Gasteiger partial charge in [-0.2, -0.15) is 0 Å². The average molecular weight is 268 g/mol. The summed E-state index contributed by atoms with van der Waals surface area (Å²) in [5.41, 5.74) is 11.2. The topological polar surface area (TPSA) is 29.3 Å². The quantitative estimate of drug-likeness (QED) is 0.900. The number of aryl methyl sites for hydroxylation is 2. The van der Waals surface area contributed by atoms with E-state index in [9.17, 15) is 0 Å². The molecule has 0 saturated carbocycles. The molecule has 2 rings (SSSR count). The van der Waals surface area contributed by atoms with Crippen LogP contribution in [0.25, 0.3) is 0 Å². The van der Waals surface area contributed by atoms with Gasteiger partial charge in [-0.3, -0.25) is 4.90 Å². The summed E-state index contributed by atoms with van der Waals surface area (Å²) in [6, 6.07) is 17.5. The van der Waals surface area contributed by atoms with Crippen LogP contribution in [0.15, 0.2) is 48.5 Å². The highest BCUT2D eigenvalue weighted by Gasteiger charge is 2.16. The second kappa shape index (κ2) is 6.69. The third-order valence-electron chi connectivity index (χ3n) is 3.66. The van der Waals surface area contributed by atoms with Crippen molar-refractivity contribution < 1.29 is 0 Å². The molecule has 106 valence electrons. The Morgan fingerprint density at radius 1 is 1.00 bits per heavy atom. The Morgan fingerprint density at radius 2 is 1.60 bits per heavy atom. The van der Waals surface area contributed by atoms with Crippen LogP contribution in [0.1, 0.15) is 28.3 Å². The Kier molecular flexibility index (Phi) is 4.94. The molecule has 2 aromatic carbocycles. The summed E-state index contributed by atoms with van der Waals surface area (Å²) in [5, 5.41) is 0. The molecule has 0 saturated heterocycles. The molecule has 0 bridgehead atoms. The van der Waals surface area contributed by atoms with Crippen LogP contribution in [0.2, 0.25) is 0 Å². The van der Waals surface area contributed by atoms with Crippen molar-refractivity contribution in [1.29, 1.82) is 0 Å². The summed E-state index contributed by atoms with van der Waals surface area (Å²) in [4.78, 5) is 2.32. The first-order valence-corrected chi connectivity index (χ1v) is 7.12. The molecule has 20 heavy (non-hydrogen) atoms. The maximum atomic E-state index is 6.02. The Labute approximate surface area is 122 Å². The van der Waals surface area contributed by atoms with Crippen molar-refractivity contribution in [2.45, 2.75) is 26.4 Å². The molecular weight excluding hydrogens is 244 g/mol. The van der Waals surface area contributed by atoms with Gasteiger partial charge in [0.05, 0.1) is 0 Å². The van der Waals surface area contributed by atoms with Gasteiger partial charge in [-0.15, -0.1) is 0 Å². The summed E-state index contributed by atoms with van der Waals surface area (Å²) in [7, 11) is 2.14. The lowest BCUT2D eigenvalue weighted by atomic mass is 10.00. The first-order chi connectivity index (χ1) is 9.60. The Hall–Kier alpha value is -1.64. The minimum absolute atomic E-state index is 0.258. The molecule has 2 N–H and O–H groups in total. The second-order valence-electron chi connectivity index (χ2n) is 5.57. The predicted molar refractivity (Wildman–Crippen MR) is 85.6 cm³/mol. The number of hydrogen-bond acceptors (Lipinski definition) is 2. The number of nitrogens with two attached hydrogens (primary N) is 1. The lowest BCUT2D eigenvalue weighted by Crippen LogP contribution is -2.30. The van der Waals surface area contributed by atoms with E-state index in [-0.39, 0.29) is 6.04 Å². The number of likely N-dealkylation sites (N-methyl/N-ethyl adjacent to an activating group) is 1. The van der Waals surface area contributed by atoms with Crippen LogP contribution in [0.4, 0.5) is 0 Å². The van der Waals surface area contributed by atoms with E-state index in [0.717, 1.165) is 6.54 Å². The van der Waals surface area contributed by atoms with E-state index in [2.05, 4.69) is 68.3 Å². The van der Waals surface area contributed by atoms with Crippen LogP contribution in [0.3, 0.4) is 0 Å². The third kappa shape index (κ3) is 3.69. The van der Waals surface area contributed by atoms with Gasteiger partial charge in [-0.25, -0.2) is 0 Å². The predicted octanol–water partition coefficient (Wildman–Crippen LogP) is 3.44. The SMILES string of the molecule is Cc1cc(C)cc(C(CN)N(C)Cc2ccccc2)c1. The van der Waals surface area contributed by atoms with Crippen molar-refractivity contribution in [3.05, 3.63) is 70.8 Å². The highest BCUT2D eigenvalue weighted by molar-refractivity contribution is 5.31. The van der Waals surface area contributed by atoms with Gasteiger partial charge in [-0.1, -0.05) is 59.7 Å². The molecule has 0 amide bonds. The molecule has 2 nitrogen and oxygen atoms in total. The number of nitrogens with zero attached hydrogens (tertiary/aromatic N) is 1. The largest absolute Gasteiger partial charge is 0.329 e. The zero-order valence-electron chi connectivity index (χ0n) is 12.6. The number of benzene rings is 2. The molecule has 0 aliphatic heterocycles. The minimum Gasteiger partial charge on any atom is -0.329 e. The van der Waals surface area contributed by atoms with E-state index in [1.54, 1.807) is 0 Å². The second-order valence-corrected chi connectivity index (χ2v) is 5.57. The fourth-order valence-corrected chi connectivity index (χ4v) is 2.75. The highest BCUT2D eigenvalue weighted by atomic mass is 15.1. The van der Waals surface area contributed by atoms with E-state index in [0.29, 0.717) is 6.54 Å². The maximum Gasteiger partial charge on any atom is 0.0471 e. The normalized spacial score (nSPS) is 12.7. The van der Waals surface area contributed by atoms with E-state index in [4.69, 9.17) is 5.73 Å². The average Bonchev–Trinajstić information content (AvgIpc) is 2.39. The van der Waals surface area contributed by atoms with Gasteiger partial charge in [0.15, 0.2) is 0 Å². The van der Waals surface area contributed by atoms with Crippen molar-refractivity contribution in [1.82, 2.24) is 4.90 Å². The summed E-state index contributed by atoms with van der Waals surface area (Å²) in [6.07, 6.45) is 0. The van der Waals surface area contributed by atoms with Crippen molar-refractivity contribution in [2.24, 2.45) is 5.73 Å². The van der Waals surface area contributed by atoms with Gasteiger partial charge in [0.25, 0.3) is 0 Å². The molecule has 0 spiro atoms. The molecule has 0 heterocycles. The number of hydrogen-bond donors (Lipinski definition) is 1. The summed E-state index contributed by atoms with van der Waals surface area (Å²) >= 11 is 0. The van der Waals surface area contributed by atoms with Gasteiger partial charge in [0.2, 0.25) is 0 Å². The minimum atomic E-state index is 0.258. The van der Waals surface area contributed by atoms with Gasteiger partial charge < -0.3 is 5.73 Å². The molecule has 0 aromatic heterocycles. The molecule has 1 atom stereocenters. The Bertz CT molecular complexity index is 528. The molecule has 0 aliphatic carbocycles. The third-order valence-corrected chi connectivity index (χ3v) is 3.66. The van der Waals surface area contributed by atoms with Crippen LogP contribution < -0.4 is 5.73 Å². The summed E-state index contributed by atoms with van der Waals surface area (Å²) < 4.78 is 0. The Balaban J connectivity index is 2.18. The first kappa shape index (κ1) is 14.8. The van der Waals surface area contributed by atoms with E-state index in [1.165, 1.54) is 22.3 Å². The van der Waals surface area contributed by atoms with E-state index in [1.807, 2.05) is 6.07 Å². The Morgan fingerprint density at radius 3 is 2.15 bits per heavy atom. The van der Waals surface area contributed by atoms with Crippen molar-refractivity contribution in [3.63, 3.8) is 0 Å². The van der Waals surface area contributed by atoms with Crippen molar-refractivity contribution in [3.8, 4) is 0 Å². The standard InChI is InChI=1S/C18H24N2/c1-14-9-15(2)11-17(10-14)18(12-19)20(3)13-16-7-5-4-6-8-16/h4-11,18H,12-13,19H2,1-3H3. The van der Waals surface area contributed by atoms with Gasteiger partial charge in [-0.05, 0) is 32.0 Å². The lowest BCUT2D eigenvalue weighted by molar-refractivity contribution is 0.241. The highest BCUT2D eigenvalue weighted by Crippen LogP contribution is 2.22. The first-order valence-electron chi connectivity index (χ1n) is 7.12. The fourth-order valence-electron chi connectivity index (χ4n) is 2.75. The summed E-state index contributed by atoms with van der Waals surface area (Å²) in [5.74, 6) is 0. The van der Waals surface area contributed by atoms with Crippen LogP contribution in [0.5, 0.6) is 0 Å². The van der Waals surface area contributed by atoms with Crippen LogP contribution >= 0.6 is 0 Å². The molecule has 0 fully saturated rings. The maximum absolute atomic E-state index is 6.02. The molecule has 0 radical (unpaired) electrons. The monoisotopic (exact) mass is 268 g/mol. The molecule has 0 aliphatic rings. The van der Waals surface area contributed by atoms with Crippen LogP contribution in [-0.4, -0.2) is 18.5 Å². The molecular formula is C18H24N2. The van der Waals surface area contributed by atoms with Gasteiger partial charge >= 0.3 is 0 Å². The molecule has 2 aromatic rings. The molecule has 2 heteroatoms. The van der Waals surface area contributed by atoms with E-state index < -0.39 is 0 Å². The smallest absolute Gasteiger partial charge is 0.0471 e. The van der Waals surface area contributed by atoms with E-state index >= 15 is 0 Å². The van der Waals surface area contributed by atoms with Crippen molar-refractivity contribution in [2.75, 3.05) is 13.6 Å². The lowest BCUT2D eigenvalue weighted by Gasteiger charge is -2.28. The van der Waals surface area contributed by atoms with Crippen LogP contribution in [-0.2, 0) is 6.54 Å². The van der Waals surface area contributed by atoms with Gasteiger partial charge in [0.1, 0.15) is 0 Å². The van der Waals surface area contributed by atoms with Crippen molar-refractivity contribution >= 4 is 0 Å². The number of rotatable bonds is 5. The zero-order chi connectivity index (χ0) is 14.5. The zero-order valence-corrected chi connectivity index (χ0v) is 12.6. The summed E-state index contributed by atoms with van der Waals surface area (Å²) in [6.45, 7) is 5.82. The molecule has 1 unspecified atom stereocenters. The van der Waals surface area contributed by atoms with Gasteiger partial charge in [0, 0.05) is 19.1 Å². The fraction of sp³-hybridized carbons (Fsp3) is 0.333.